The van der Waals surface area contributed by atoms with Crippen LogP contribution in [0.1, 0.15) is 180 Å². The predicted octanol–water partition coefficient (Wildman–Crippen LogP) is 10.5. The number of unbranched alkanes of at least 4 members (excludes halogenated alkanes) is 2. The summed E-state index contributed by atoms with van der Waals surface area (Å²) >= 11 is 0. The van der Waals surface area contributed by atoms with Crippen LogP contribution in [0.4, 0.5) is 0 Å². The van der Waals surface area contributed by atoms with E-state index in [0.717, 1.165) is 65.0 Å². The van der Waals surface area contributed by atoms with Crippen molar-refractivity contribution in [2.45, 2.75) is 180 Å². The third-order valence-electron chi connectivity index (χ3n) is 20.0. The van der Waals surface area contributed by atoms with Gasteiger partial charge in [0.05, 0.1) is 264 Å². The summed E-state index contributed by atoms with van der Waals surface area (Å²) < 4.78 is 130. The van der Waals surface area contributed by atoms with Crippen LogP contribution in [-0.4, -0.2) is 359 Å². The minimum Gasteiger partial charge on any atom is -0.383 e. The predicted molar refractivity (Wildman–Crippen MR) is 506 cm³/mol. The molecule has 0 radical (unpaired) electrons. The van der Waals surface area contributed by atoms with E-state index in [-0.39, 0.29) is 52.9 Å². The van der Waals surface area contributed by atoms with Gasteiger partial charge in [-0.15, -0.1) is 0 Å². The Kier molecular flexibility index (Phi) is 74.6. The van der Waals surface area contributed by atoms with Gasteiger partial charge in [0.1, 0.15) is 44.8 Å². The molecule has 32 nitrogen and oxygen atoms in total. The van der Waals surface area contributed by atoms with E-state index in [0.29, 0.717) is 269 Å². The Morgan fingerprint density at radius 2 is 0.311 bits per heavy atom. The number of hydrogen-bond acceptors (Lipinski definition) is 32. The third-order valence-corrected chi connectivity index (χ3v) is 20.0. The van der Waals surface area contributed by atoms with E-state index in [4.69, 9.17) is 114 Å². The van der Waals surface area contributed by atoms with E-state index in [2.05, 4.69) is 27.7 Å². The first-order chi connectivity index (χ1) is 63.3. The Labute approximate surface area is 790 Å². The van der Waals surface area contributed by atoms with Gasteiger partial charge in [-0.2, -0.15) is 0 Å². The molecule has 0 aliphatic rings. The first kappa shape index (κ1) is 126. The second-order valence-electron chi connectivity index (χ2n) is 33.4. The van der Waals surface area contributed by atoms with Gasteiger partial charge in [0.2, 0.25) is 0 Å². The number of benzene rings is 4. The quantitative estimate of drug-likeness (QED) is 0.0190. The molecule has 8 N–H and O–H groups in total. The Morgan fingerprint density at radius 3 is 0.455 bits per heavy atom. The van der Waals surface area contributed by atoms with Crippen molar-refractivity contribution in [3.8, 4) is 0 Å². The van der Waals surface area contributed by atoms with Crippen LogP contribution >= 0.6 is 0 Å². The summed E-state index contributed by atoms with van der Waals surface area (Å²) in [4.78, 5) is 0. The molecule has 0 fully saturated rings. The molecule has 4 rings (SSSR count). The highest BCUT2D eigenvalue weighted by atomic mass is 16.6. The summed E-state index contributed by atoms with van der Waals surface area (Å²) in [6, 6.07) is 28.9. The van der Waals surface area contributed by atoms with Crippen molar-refractivity contribution >= 4 is 0 Å². The van der Waals surface area contributed by atoms with Crippen LogP contribution < -0.4 is 0 Å². The molecule has 0 aliphatic heterocycles. The topological polar surface area (TPSA) is 383 Å². The van der Waals surface area contributed by atoms with Crippen molar-refractivity contribution in [2.24, 2.45) is 0 Å². The highest BCUT2D eigenvalue weighted by molar-refractivity contribution is 5.35. The molecule has 8 unspecified atom stereocenters. The summed E-state index contributed by atoms with van der Waals surface area (Å²) in [5.74, 6) is 0. The fraction of sp³-hybridized carbons (Fsp3) is 0.760. The molecule has 768 valence electrons. The first-order valence-corrected chi connectivity index (χ1v) is 47.2. The van der Waals surface area contributed by atoms with E-state index >= 15 is 0 Å². The maximum atomic E-state index is 10.9. The molecule has 0 amide bonds. The lowest BCUT2D eigenvalue weighted by Crippen LogP contribution is -2.31. The Balaban J connectivity index is 0.000000882. The Hall–Kier alpha value is -4.40. The lowest BCUT2D eigenvalue weighted by Gasteiger charge is -2.28. The average Bonchev–Trinajstić information content (AvgIpc) is 0.826. The van der Waals surface area contributed by atoms with E-state index in [9.17, 15) is 40.9 Å². The maximum absolute atomic E-state index is 10.9. The zero-order chi connectivity index (χ0) is 97.7. The largest absolute Gasteiger partial charge is 0.383 e. The van der Waals surface area contributed by atoms with Crippen LogP contribution in [0.25, 0.3) is 0 Å². The standard InChI is InChI=1S/C28H50O8.C26H46O8.C24H42O8.C22H38O8/c1-5-7-12-31-14-16-33-18-20-35-23-27(3,29)25-10-9-11-26(22-25)28(4,30)24-36-21-19-34-17-15-32-13-8-6-2;1-5-10-29-12-14-31-16-18-33-21-25(3,27)23-8-7-9-24(20-23)26(4,28)22-34-19-17-32-15-13-30-11-6-2;1-5-27-10-12-29-14-16-31-19-23(3,25)21-8-7-9-22(18-21)24(4,26)20-32-17-15-30-13-11-28-6-2;1-21(23,17-29-14-12-27-10-8-25-3)19-6-5-7-20(16-19)22(2,24)18-30-15-13-28-11-9-26-4/h9-11,22,29-30H,5-8,12-21,23-24H2,1-4H3;7-9,20,27-28H,5-6,10-19,21-22H2,1-4H3;7-9,18,25-26H,5-6,10-17,19-20H2,1-4H3;5-7,16,23-24H,8-15,17-18H2,1-4H3. The fourth-order valence-corrected chi connectivity index (χ4v) is 11.8. The first-order valence-electron chi connectivity index (χ1n) is 47.2. The van der Waals surface area contributed by atoms with E-state index < -0.39 is 44.8 Å². The molecule has 4 aromatic rings. The number of hydrogen-bond donors (Lipinski definition) is 8. The Bertz CT molecular complexity index is 3070. The van der Waals surface area contributed by atoms with Crippen molar-refractivity contribution in [1.82, 2.24) is 0 Å². The van der Waals surface area contributed by atoms with Gasteiger partial charge >= 0.3 is 0 Å². The maximum Gasteiger partial charge on any atom is 0.110 e. The summed E-state index contributed by atoms with van der Waals surface area (Å²) in [5.41, 5.74) is -4.34. The molecule has 32 heteroatoms. The zero-order valence-electron chi connectivity index (χ0n) is 83.4. The normalized spacial score (nSPS) is 15.3. The number of methoxy groups -OCH3 is 2. The van der Waals surface area contributed by atoms with Crippen molar-refractivity contribution in [2.75, 3.05) is 318 Å². The molecule has 0 saturated heterocycles. The van der Waals surface area contributed by atoms with Gasteiger partial charge in [0.25, 0.3) is 0 Å². The molecule has 0 bridgehead atoms. The summed E-state index contributed by atoms with van der Waals surface area (Å²) in [7, 11) is 3.24. The highest BCUT2D eigenvalue weighted by Gasteiger charge is 2.34. The third kappa shape index (κ3) is 63.2. The fourth-order valence-electron chi connectivity index (χ4n) is 11.8. The molecular formula is C100H176O32. The summed E-state index contributed by atoms with van der Waals surface area (Å²) in [6.07, 6.45) is 6.35. The molecular weight excluding hydrogens is 1710 g/mol. The molecule has 0 spiro atoms. The molecule has 132 heavy (non-hydrogen) atoms. The number of aliphatic hydroxyl groups is 8. The minimum absolute atomic E-state index is 0.113. The highest BCUT2D eigenvalue weighted by Crippen LogP contribution is 2.33. The van der Waals surface area contributed by atoms with Crippen LogP contribution in [0.15, 0.2) is 97.1 Å². The summed E-state index contributed by atoms with van der Waals surface area (Å²) in [5, 5.41) is 87.0. The SMILES string of the molecule is CCCCOCCOCCOCC(C)(O)c1cccc(C(C)(O)COCCOCCOCCCC)c1.CCCOCCOCCOCC(C)(O)c1cccc(C(C)(O)COCCOCCOCCC)c1.CCOCCOCCOCC(C)(O)c1cccc(C(C)(O)COCCOCCOCC)c1.COCCOCCOCC(C)(O)c1cccc(C(C)(O)COCCOCCOC)c1. The van der Waals surface area contributed by atoms with Crippen molar-refractivity contribution in [3.63, 3.8) is 0 Å². The van der Waals surface area contributed by atoms with Crippen LogP contribution in [-0.2, 0) is 158 Å². The molecule has 4 aromatic carbocycles. The molecule has 0 saturated carbocycles. The smallest absolute Gasteiger partial charge is 0.110 e. The lowest BCUT2D eigenvalue weighted by molar-refractivity contribution is -0.0585. The van der Waals surface area contributed by atoms with Crippen LogP contribution in [0.2, 0.25) is 0 Å². The monoisotopic (exact) mass is 1890 g/mol. The van der Waals surface area contributed by atoms with Crippen molar-refractivity contribution in [1.29, 1.82) is 0 Å². The minimum atomic E-state index is -1.21. The van der Waals surface area contributed by atoms with Crippen LogP contribution in [0.5, 0.6) is 0 Å². The van der Waals surface area contributed by atoms with E-state index in [1.807, 2.05) is 74.5 Å². The van der Waals surface area contributed by atoms with Gasteiger partial charge in [-0.3, -0.25) is 0 Å². The van der Waals surface area contributed by atoms with E-state index in [1.54, 1.807) is 106 Å². The van der Waals surface area contributed by atoms with Gasteiger partial charge in [0, 0.05) is 53.9 Å². The second-order valence-corrected chi connectivity index (χ2v) is 33.4. The zero-order valence-corrected chi connectivity index (χ0v) is 83.4. The molecule has 0 heterocycles. The van der Waals surface area contributed by atoms with Gasteiger partial charge in [0.15, 0.2) is 0 Å². The van der Waals surface area contributed by atoms with Crippen molar-refractivity contribution < 1.29 is 155 Å². The van der Waals surface area contributed by atoms with Crippen LogP contribution in [0.3, 0.4) is 0 Å². The number of rotatable bonds is 84. The molecule has 8 atom stereocenters. The number of ether oxygens (including phenoxy) is 24. The molecule has 0 aliphatic carbocycles. The average molecular weight is 1890 g/mol. The van der Waals surface area contributed by atoms with Crippen molar-refractivity contribution in [3.05, 3.63) is 142 Å². The van der Waals surface area contributed by atoms with Gasteiger partial charge in [-0.1, -0.05) is 113 Å². The molecule has 0 aromatic heterocycles. The van der Waals surface area contributed by atoms with E-state index in [1.165, 1.54) is 0 Å². The van der Waals surface area contributed by atoms with Gasteiger partial charge < -0.3 is 155 Å². The Morgan fingerprint density at radius 1 is 0.174 bits per heavy atom. The summed E-state index contributed by atoms with van der Waals surface area (Å²) in [6.45, 7) is 46.2. The second kappa shape index (κ2) is 78.4. The lowest BCUT2D eigenvalue weighted by atomic mass is 9.90. The van der Waals surface area contributed by atoms with Gasteiger partial charge in [-0.05, 0) is 164 Å². The van der Waals surface area contributed by atoms with Crippen LogP contribution in [0, 0.1) is 0 Å². The van der Waals surface area contributed by atoms with Gasteiger partial charge in [-0.25, -0.2) is 0 Å².